The molecule has 126 valence electrons. The quantitative estimate of drug-likeness (QED) is 0.886. The average Bonchev–Trinajstić information content (AvgIpc) is 2.99. The van der Waals surface area contributed by atoms with E-state index >= 15 is 0 Å². The topological polar surface area (TPSA) is 56.8 Å². The molecule has 0 unspecified atom stereocenters. The second kappa shape index (κ2) is 7.25. The molecular weight excluding hydrogens is 306 g/mol. The fourth-order valence-corrected chi connectivity index (χ4v) is 2.62. The molecule has 1 heterocycles. The number of nitrogens with one attached hydrogen (secondary N) is 1. The van der Waals surface area contributed by atoms with Gasteiger partial charge in [0, 0.05) is 6.54 Å². The van der Waals surface area contributed by atoms with Gasteiger partial charge in [-0.3, -0.25) is 4.79 Å². The van der Waals surface area contributed by atoms with Crippen molar-refractivity contribution >= 4 is 5.91 Å². The number of aryl methyl sites for hydroxylation is 2. The van der Waals surface area contributed by atoms with Gasteiger partial charge in [0.15, 0.2) is 11.5 Å². The molecule has 2 aromatic carbocycles. The van der Waals surface area contributed by atoms with Crippen molar-refractivity contribution in [3.8, 4) is 17.2 Å². The lowest BCUT2D eigenvalue weighted by atomic mass is 10.1. The summed E-state index contributed by atoms with van der Waals surface area (Å²) in [5.74, 6) is 2.22. The standard InChI is InChI=1S/C19H21NO4/c1-13-7-14(2)9-16(8-13)22-6-5-19(21)20-11-15-3-4-17-18(10-15)24-12-23-17/h3-4,7-10H,5-6,11-12H2,1-2H3,(H,20,21). The second-order valence-corrected chi connectivity index (χ2v) is 5.89. The van der Waals surface area contributed by atoms with E-state index in [0.29, 0.717) is 19.6 Å². The Morgan fingerprint density at radius 1 is 1.08 bits per heavy atom. The zero-order valence-corrected chi connectivity index (χ0v) is 13.9. The molecule has 1 aliphatic rings. The van der Waals surface area contributed by atoms with Gasteiger partial charge in [-0.25, -0.2) is 0 Å². The zero-order chi connectivity index (χ0) is 16.9. The van der Waals surface area contributed by atoms with E-state index in [4.69, 9.17) is 14.2 Å². The van der Waals surface area contributed by atoms with Crippen LogP contribution in [0.4, 0.5) is 0 Å². The van der Waals surface area contributed by atoms with Crippen molar-refractivity contribution < 1.29 is 19.0 Å². The predicted molar refractivity (Wildman–Crippen MR) is 90.4 cm³/mol. The lowest BCUT2D eigenvalue weighted by molar-refractivity contribution is -0.121. The van der Waals surface area contributed by atoms with Crippen molar-refractivity contribution in [3.05, 3.63) is 53.1 Å². The van der Waals surface area contributed by atoms with E-state index in [-0.39, 0.29) is 12.7 Å². The van der Waals surface area contributed by atoms with E-state index in [1.165, 1.54) is 0 Å². The highest BCUT2D eigenvalue weighted by atomic mass is 16.7. The minimum absolute atomic E-state index is 0.0444. The van der Waals surface area contributed by atoms with Crippen LogP contribution in [-0.4, -0.2) is 19.3 Å². The molecule has 0 bridgehead atoms. The summed E-state index contributed by atoms with van der Waals surface area (Å²) in [6.45, 7) is 5.12. The highest BCUT2D eigenvalue weighted by Gasteiger charge is 2.13. The van der Waals surface area contributed by atoms with Crippen LogP contribution in [-0.2, 0) is 11.3 Å². The summed E-state index contributed by atoms with van der Waals surface area (Å²) in [4.78, 5) is 11.9. The lowest BCUT2D eigenvalue weighted by Gasteiger charge is -2.09. The van der Waals surface area contributed by atoms with Crippen LogP contribution >= 0.6 is 0 Å². The summed E-state index contributed by atoms with van der Waals surface area (Å²) >= 11 is 0. The highest BCUT2D eigenvalue weighted by molar-refractivity contribution is 5.76. The SMILES string of the molecule is Cc1cc(C)cc(OCCC(=O)NCc2ccc3c(c2)OCO3)c1. The molecule has 0 saturated carbocycles. The van der Waals surface area contributed by atoms with Gasteiger partial charge in [-0.1, -0.05) is 12.1 Å². The Labute approximate surface area is 141 Å². The summed E-state index contributed by atoms with van der Waals surface area (Å²) in [7, 11) is 0. The third-order valence-corrected chi connectivity index (χ3v) is 3.72. The van der Waals surface area contributed by atoms with Crippen molar-refractivity contribution in [2.45, 2.75) is 26.8 Å². The van der Waals surface area contributed by atoms with Crippen LogP contribution in [0.3, 0.4) is 0 Å². The van der Waals surface area contributed by atoms with Crippen LogP contribution in [0.15, 0.2) is 36.4 Å². The molecule has 0 fully saturated rings. The first-order valence-corrected chi connectivity index (χ1v) is 7.96. The van der Waals surface area contributed by atoms with Gasteiger partial charge in [0.1, 0.15) is 5.75 Å². The Morgan fingerprint density at radius 3 is 2.62 bits per heavy atom. The van der Waals surface area contributed by atoms with Gasteiger partial charge in [0.2, 0.25) is 12.7 Å². The molecule has 3 rings (SSSR count). The summed E-state index contributed by atoms with van der Waals surface area (Å²) in [5.41, 5.74) is 3.28. The number of benzene rings is 2. The Balaban J connectivity index is 1.43. The number of rotatable bonds is 6. The van der Waals surface area contributed by atoms with Gasteiger partial charge >= 0.3 is 0 Å². The Hall–Kier alpha value is -2.69. The predicted octanol–water partition coefficient (Wildman–Crippen LogP) is 3.12. The van der Waals surface area contributed by atoms with Gasteiger partial charge in [-0.15, -0.1) is 0 Å². The molecule has 1 N–H and O–H groups in total. The molecule has 24 heavy (non-hydrogen) atoms. The maximum absolute atomic E-state index is 11.9. The molecule has 0 aromatic heterocycles. The molecule has 0 spiro atoms. The minimum Gasteiger partial charge on any atom is -0.493 e. The van der Waals surface area contributed by atoms with Crippen molar-refractivity contribution in [1.82, 2.24) is 5.32 Å². The molecule has 5 heteroatoms. The van der Waals surface area contributed by atoms with Crippen LogP contribution in [0.25, 0.3) is 0 Å². The second-order valence-electron chi connectivity index (χ2n) is 5.89. The third-order valence-electron chi connectivity index (χ3n) is 3.72. The largest absolute Gasteiger partial charge is 0.493 e. The fourth-order valence-electron chi connectivity index (χ4n) is 2.62. The van der Waals surface area contributed by atoms with Crippen LogP contribution in [0.5, 0.6) is 17.2 Å². The highest BCUT2D eigenvalue weighted by Crippen LogP contribution is 2.32. The van der Waals surface area contributed by atoms with Crippen LogP contribution in [0.1, 0.15) is 23.1 Å². The molecule has 5 nitrogen and oxygen atoms in total. The summed E-state index contributed by atoms with van der Waals surface area (Å²) in [6.07, 6.45) is 0.317. The first kappa shape index (κ1) is 16.2. The normalized spacial score (nSPS) is 12.1. The van der Waals surface area contributed by atoms with Crippen LogP contribution < -0.4 is 19.5 Å². The molecule has 0 atom stereocenters. The Bertz CT molecular complexity index is 722. The van der Waals surface area contributed by atoms with Crippen molar-refractivity contribution in [1.29, 1.82) is 0 Å². The zero-order valence-electron chi connectivity index (χ0n) is 13.9. The van der Waals surface area contributed by atoms with E-state index in [9.17, 15) is 4.79 Å². The van der Waals surface area contributed by atoms with E-state index in [0.717, 1.165) is 33.9 Å². The monoisotopic (exact) mass is 327 g/mol. The number of hydrogen-bond acceptors (Lipinski definition) is 4. The Morgan fingerprint density at radius 2 is 1.83 bits per heavy atom. The summed E-state index contributed by atoms with van der Waals surface area (Å²) < 4.78 is 16.2. The number of ether oxygens (including phenoxy) is 3. The molecular formula is C19H21NO4. The van der Waals surface area contributed by atoms with E-state index in [2.05, 4.69) is 11.4 Å². The average molecular weight is 327 g/mol. The van der Waals surface area contributed by atoms with Gasteiger partial charge in [-0.2, -0.15) is 0 Å². The number of amides is 1. The number of fused-ring (bicyclic) bond motifs is 1. The smallest absolute Gasteiger partial charge is 0.231 e. The van der Waals surface area contributed by atoms with Gasteiger partial charge in [0.25, 0.3) is 0 Å². The van der Waals surface area contributed by atoms with E-state index in [1.807, 2.05) is 44.2 Å². The van der Waals surface area contributed by atoms with Crippen molar-refractivity contribution in [3.63, 3.8) is 0 Å². The molecule has 1 amide bonds. The molecule has 0 saturated heterocycles. The number of hydrogen-bond donors (Lipinski definition) is 1. The first-order valence-electron chi connectivity index (χ1n) is 7.96. The van der Waals surface area contributed by atoms with Gasteiger partial charge < -0.3 is 19.5 Å². The minimum atomic E-state index is -0.0444. The van der Waals surface area contributed by atoms with Crippen LogP contribution in [0, 0.1) is 13.8 Å². The molecule has 0 aliphatic carbocycles. The maximum atomic E-state index is 11.9. The van der Waals surface area contributed by atoms with Gasteiger partial charge in [-0.05, 0) is 54.8 Å². The third kappa shape index (κ3) is 4.19. The maximum Gasteiger partial charge on any atom is 0.231 e. The fraction of sp³-hybridized carbons (Fsp3) is 0.316. The van der Waals surface area contributed by atoms with Gasteiger partial charge in [0.05, 0.1) is 13.0 Å². The van der Waals surface area contributed by atoms with E-state index in [1.54, 1.807) is 0 Å². The molecule has 2 aromatic rings. The molecule has 0 radical (unpaired) electrons. The Kier molecular flexibility index (Phi) is 4.89. The summed E-state index contributed by atoms with van der Waals surface area (Å²) in [5, 5.41) is 2.88. The summed E-state index contributed by atoms with van der Waals surface area (Å²) in [6, 6.07) is 11.7. The lowest BCUT2D eigenvalue weighted by Crippen LogP contribution is -2.24. The van der Waals surface area contributed by atoms with Crippen LogP contribution in [0.2, 0.25) is 0 Å². The van der Waals surface area contributed by atoms with E-state index < -0.39 is 0 Å². The first-order chi connectivity index (χ1) is 11.6. The number of carbonyl (C=O) groups is 1. The number of carbonyl (C=O) groups excluding carboxylic acids is 1. The van der Waals surface area contributed by atoms with Crippen molar-refractivity contribution in [2.75, 3.05) is 13.4 Å². The molecule has 1 aliphatic heterocycles. The van der Waals surface area contributed by atoms with Crippen molar-refractivity contribution in [2.24, 2.45) is 0 Å².